The van der Waals surface area contributed by atoms with Crippen LogP contribution in [0.25, 0.3) is 61.0 Å². The predicted octanol–water partition coefficient (Wildman–Crippen LogP) is 18.7. The van der Waals surface area contributed by atoms with Crippen LogP contribution in [0.4, 0.5) is 22.7 Å². The molecule has 0 spiro atoms. The number of anilines is 4. The van der Waals surface area contributed by atoms with Gasteiger partial charge in [-0.05, 0) is 147 Å². The highest BCUT2D eigenvalue weighted by Gasteiger charge is 2.33. The van der Waals surface area contributed by atoms with Crippen LogP contribution in [0.15, 0.2) is 188 Å². The molecule has 0 unspecified atom stereocenters. The Morgan fingerprint density at radius 2 is 1.08 bits per heavy atom. The fourth-order valence-electron chi connectivity index (χ4n) is 10.3. The molecule has 364 valence electrons. The van der Waals surface area contributed by atoms with Crippen molar-refractivity contribution in [2.24, 2.45) is 0 Å². The Morgan fingerprint density at radius 3 is 1.77 bits per heavy atom. The highest BCUT2D eigenvalue weighted by molar-refractivity contribution is 6.10. The summed E-state index contributed by atoms with van der Waals surface area (Å²) in [6, 6.07) is 62.5. The van der Waals surface area contributed by atoms with Crippen molar-refractivity contribution in [2.45, 2.75) is 92.3 Å². The molecule has 2 aromatic heterocycles. The van der Waals surface area contributed by atoms with E-state index in [1.807, 2.05) is 34.9 Å². The molecule has 1 aliphatic heterocycles. The summed E-state index contributed by atoms with van der Waals surface area (Å²) in [6.45, 7) is 16.3. The molecule has 5 nitrogen and oxygen atoms in total. The zero-order valence-electron chi connectivity index (χ0n) is 49.3. The van der Waals surface area contributed by atoms with Crippen molar-refractivity contribution in [3.05, 3.63) is 216 Å². The Hall–Kier alpha value is -7.89. The van der Waals surface area contributed by atoms with Crippen molar-refractivity contribution < 1.29 is 13.0 Å². The average Bonchev–Trinajstić information content (AvgIpc) is 4.19. The zero-order chi connectivity index (χ0) is 56.0. The molecule has 11 rings (SSSR count). The van der Waals surface area contributed by atoms with Gasteiger partial charge < -0.3 is 14.5 Å². The summed E-state index contributed by atoms with van der Waals surface area (Å²) in [7, 11) is 0. The highest BCUT2D eigenvalue weighted by Crippen LogP contribution is 2.52. The van der Waals surface area contributed by atoms with E-state index >= 15 is 0 Å². The van der Waals surface area contributed by atoms with E-state index in [4.69, 9.17) is 13.0 Å². The monoisotopic (exact) mass is 961 g/mol. The number of rotatable bonds is 8. The third-order valence-corrected chi connectivity index (χ3v) is 14.4. The van der Waals surface area contributed by atoms with Gasteiger partial charge in [0.25, 0.3) is 0 Å². The molecule has 3 heterocycles. The lowest BCUT2D eigenvalue weighted by Crippen LogP contribution is -2.25. The summed E-state index contributed by atoms with van der Waals surface area (Å²) in [5, 5.41) is 1.48. The minimum atomic E-state index is -2.36. The second-order valence-electron chi connectivity index (χ2n) is 22.6. The number of hydrogen-bond acceptors (Lipinski definition) is 4. The van der Waals surface area contributed by atoms with Gasteiger partial charge in [-0.1, -0.05) is 165 Å². The molecule has 0 atom stereocenters. The van der Waals surface area contributed by atoms with Crippen molar-refractivity contribution in [2.75, 3.05) is 16.5 Å². The van der Waals surface area contributed by atoms with Crippen molar-refractivity contribution in [3.8, 4) is 50.7 Å². The number of aromatic nitrogens is 2. The second-order valence-corrected chi connectivity index (χ2v) is 22.6. The van der Waals surface area contributed by atoms with E-state index in [0.717, 1.165) is 50.4 Å². The molecular formula is C68H66N4O. The molecule has 5 heteroatoms. The first-order valence-corrected chi connectivity index (χ1v) is 25.3. The zero-order valence-corrected chi connectivity index (χ0v) is 43.3. The van der Waals surface area contributed by atoms with Crippen LogP contribution < -0.4 is 14.5 Å². The third kappa shape index (κ3) is 9.07. The summed E-state index contributed by atoms with van der Waals surface area (Å²) >= 11 is 0. The van der Waals surface area contributed by atoms with E-state index in [-0.39, 0.29) is 27.4 Å². The molecular weight excluding hydrogens is 889 g/mol. The molecule has 0 saturated heterocycles. The molecule has 0 amide bonds. The first kappa shape index (κ1) is 40.7. The van der Waals surface area contributed by atoms with Crippen molar-refractivity contribution in [1.82, 2.24) is 9.55 Å². The summed E-state index contributed by atoms with van der Waals surface area (Å²) in [4.78, 5) is 9.44. The van der Waals surface area contributed by atoms with E-state index < -0.39 is 13.7 Å². The maximum Gasteiger partial charge on any atom is 0.137 e. The second kappa shape index (κ2) is 18.0. The minimum Gasteiger partial charge on any atom is -0.457 e. The molecule has 8 aromatic carbocycles. The van der Waals surface area contributed by atoms with Crippen LogP contribution in [0, 0.1) is 13.7 Å². The Balaban J connectivity index is 1.01. The van der Waals surface area contributed by atoms with Gasteiger partial charge in [0, 0.05) is 54.1 Å². The Kier molecular flexibility index (Phi) is 10.0. The predicted molar refractivity (Wildman–Crippen MR) is 309 cm³/mol. The molecule has 0 fully saturated rings. The van der Waals surface area contributed by atoms with Crippen LogP contribution in [0.2, 0.25) is 0 Å². The van der Waals surface area contributed by atoms with Gasteiger partial charge in [0.1, 0.15) is 24.0 Å². The molecule has 0 aliphatic carbocycles. The lowest BCUT2D eigenvalue weighted by atomic mass is 9.81. The van der Waals surface area contributed by atoms with Gasteiger partial charge in [-0.25, -0.2) is 4.98 Å². The summed E-state index contributed by atoms with van der Waals surface area (Å²) in [5.41, 5.74) is 16.6. The molecule has 0 bridgehead atoms. The van der Waals surface area contributed by atoms with E-state index in [2.05, 4.69) is 198 Å². The summed E-state index contributed by atoms with van der Waals surface area (Å²) in [6.07, 6.45) is 1.49. The fraction of sp³-hybridized carbons (Fsp3) is 0.221. The average molecular weight is 961 g/mol. The van der Waals surface area contributed by atoms with Crippen LogP contribution in [-0.2, 0) is 16.2 Å². The minimum absolute atomic E-state index is 0.00634. The van der Waals surface area contributed by atoms with Crippen molar-refractivity contribution >= 4 is 44.6 Å². The number of fused-ring (bicyclic) bond motifs is 4. The number of benzene rings is 8. The van der Waals surface area contributed by atoms with E-state index in [0.29, 0.717) is 40.4 Å². The van der Waals surface area contributed by atoms with E-state index in [1.165, 1.54) is 40.1 Å². The lowest BCUT2D eigenvalue weighted by Gasteiger charge is -2.30. The third-order valence-electron chi connectivity index (χ3n) is 14.4. The van der Waals surface area contributed by atoms with Crippen molar-refractivity contribution in [3.63, 3.8) is 0 Å². The standard InChI is InChI=1S/C68H66N4O/c1-44-22-33-60-59(36-44)56-32-31-55(42-63(56)72(60)64-37-45(2)34-35-69-64)73-54-19-15-18-53(41-54)70-43-71(62-21-13-12-20-61(62)70)65-57(47-25-23-46(24-26-47)49-16-14-17-51(38-49)67(6,7)8)39-52(68(9,10)11)40-58(65)48-27-29-50(30-28-48)66(3,4)5/h12-42H,43H2,1-11H3/i1D3,2D3. The van der Waals surface area contributed by atoms with E-state index in [9.17, 15) is 0 Å². The first-order chi connectivity index (χ1) is 37.3. The van der Waals surface area contributed by atoms with Crippen molar-refractivity contribution in [1.29, 1.82) is 0 Å². The Labute approximate surface area is 440 Å². The number of hydrogen-bond donors (Lipinski definition) is 0. The normalized spacial score (nSPS) is 14.6. The maximum atomic E-state index is 8.17. The molecule has 73 heavy (non-hydrogen) atoms. The number of pyridine rings is 1. The molecule has 1 aliphatic rings. The molecule has 0 saturated carbocycles. The number of nitrogens with zero attached hydrogens (tertiary/aromatic N) is 4. The van der Waals surface area contributed by atoms with E-state index in [1.54, 1.807) is 24.3 Å². The van der Waals surface area contributed by atoms with Gasteiger partial charge in [0.05, 0.1) is 28.1 Å². The highest BCUT2D eigenvalue weighted by atomic mass is 16.5. The van der Waals surface area contributed by atoms with Gasteiger partial charge >= 0.3 is 0 Å². The molecule has 10 aromatic rings. The largest absolute Gasteiger partial charge is 0.457 e. The van der Waals surface area contributed by atoms with Crippen LogP contribution in [0.3, 0.4) is 0 Å². The topological polar surface area (TPSA) is 33.5 Å². The number of para-hydroxylation sites is 2. The molecule has 0 N–H and O–H groups in total. The van der Waals surface area contributed by atoms with Gasteiger partial charge in [0.15, 0.2) is 0 Å². The fourth-order valence-corrected chi connectivity index (χ4v) is 10.3. The smallest absolute Gasteiger partial charge is 0.137 e. The Bertz CT molecular complexity index is 3950. The van der Waals surface area contributed by atoms with Gasteiger partial charge in [-0.3, -0.25) is 4.57 Å². The van der Waals surface area contributed by atoms with Crippen LogP contribution in [-0.4, -0.2) is 16.2 Å². The maximum absolute atomic E-state index is 8.17. The molecule has 0 radical (unpaired) electrons. The lowest BCUT2D eigenvalue weighted by molar-refractivity contribution is 0.483. The number of ether oxygens (including phenoxy) is 1. The van der Waals surface area contributed by atoms with Gasteiger partial charge in [-0.2, -0.15) is 0 Å². The summed E-state index contributed by atoms with van der Waals surface area (Å²) in [5.74, 6) is 1.55. The van der Waals surface area contributed by atoms with Crippen LogP contribution in [0.5, 0.6) is 11.5 Å². The van der Waals surface area contributed by atoms with Crippen LogP contribution in [0.1, 0.15) is 98.4 Å². The van der Waals surface area contributed by atoms with Gasteiger partial charge in [0.2, 0.25) is 0 Å². The Morgan fingerprint density at radius 1 is 0.452 bits per heavy atom. The number of aryl methyl sites for hydroxylation is 2. The summed E-state index contributed by atoms with van der Waals surface area (Å²) < 4.78 is 57.6. The quantitative estimate of drug-likeness (QED) is 0.152. The first-order valence-electron chi connectivity index (χ1n) is 28.3. The SMILES string of the molecule is [2H]C([2H])([2H])c1ccnc(-n2c3ccc(C([2H])([2H])[2H])cc3c3ccc(Oc4cccc(N5CN(c6c(-c7ccc(-c8cccc(C(C)(C)C)c8)cc7)cc(C(C)(C)C)cc6-c6ccc(C(C)(C)C)cc6)c6ccccc65)c4)cc32)c1. The van der Waals surface area contributed by atoms with Crippen LogP contribution >= 0.6 is 0 Å². The van der Waals surface area contributed by atoms with Gasteiger partial charge in [-0.15, -0.1) is 0 Å².